The van der Waals surface area contributed by atoms with E-state index in [2.05, 4.69) is 10.3 Å². The van der Waals surface area contributed by atoms with E-state index in [1.807, 2.05) is 0 Å². The van der Waals surface area contributed by atoms with Crippen molar-refractivity contribution in [1.82, 2.24) is 5.32 Å². The van der Waals surface area contributed by atoms with Gasteiger partial charge in [-0.1, -0.05) is 11.8 Å². The Bertz CT molecular complexity index is 329. The van der Waals surface area contributed by atoms with E-state index in [9.17, 15) is 15.3 Å². The molecule has 1 fully saturated rings. The van der Waals surface area contributed by atoms with Gasteiger partial charge in [0.2, 0.25) is 0 Å². The lowest BCUT2D eigenvalue weighted by atomic mass is 9.73. The Morgan fingerprint density at radius 2 is 2.00 bits per heavy atom. The van der Waals surface area contributed by atoms with Gasteiger partial charge in [-0.05, 0) is 20.3 Å². The first-order valence-corrected chi connectivity index (χ1v) is 6.73. The van der Waals surface area contributed by atoms with Crippen LogP contribution in [0.5, 0.6) is 0 Å². The Morgan fingerprint density at radius 3 is 2.53 bits per heavy atom. The van der Waals surface area contributed by atoms with Crippen molar-refractivity contribution in [2.24, 2.45) is 10.9 Å². The van der Waals surface area contributed by atoms with Crippen LogP contribution < -0.4 is 5.32 Å². The molecule has 1 aliphatic carbocycles. The van der Waals surface area contributed by atoms with Crippen molar-refractivity contribution >= 4 is 16.9 Å². The highest BCUT2D eigenvalue weighted by atomic mass is 32.2. The van der Waals surface area contributed by atoms with E-state index < -0.39 is 17.8 Å². The van der Waals surface area contributed by atoms with Gasteiger partial charge in [0.05, 0.1) is 17.7 Å². The fourth-order valence-electron chi connectivity index (χ4n) is 2.61. The number of hydrogen-bond acceptors (Lipinski definition) is 6. The second-order valence-electron chi connectivity index (χ2n) is 5.31. The number of amidine groups is 1. The minimum atomic E-state index is -0.992. The third-order valence-electron chi connectivity index (χ3n) is 3.63. The second kappa shape index (κ2) is 4.42. The van der Waals surface area contributed by atoms with E-state index in [0.717, 1.165) is 5.17 Å². The minimum absolute atomic E-state index is 0.132. The molecular formula is C11H20N2O3S. The van der Waals surface area contributed by atoms with Gasteiger partial charge in [-0.25, -0.2) is 0 Å². The highest BCUT2D eigenvalue weighted by Gasteiger charge is 2.50. The summed E-state index contributed by atoms with van der Waals surface area (Å²) >= 11 is 1.58. The highest BCUT2D eigenvalue weighted by molar-refractivity contribution is 8.14. The Hall–Kier alpha value is -0.300. The number of nitrogens with zero attached hydrogens (tertiary/aromatic N) is 1. The van der Waals surface area contributed by atoms with Crippen molar-refractivity contribution in [2.45, 2.75) is 49.4 Å². The Kier molecular flexibility index (Phi) is 3.42. The van der Waals surface area contributed by atoms with Crippen molar-refractivity contribution < 1.29 is 15.3 Å². The van der Waals surface area contributed by atoms with Crippen LogP contribution in [0.3, 0.4) is 0 Å². The van der Waals surface area contributed by atoms with E-state index in [1.165, 1.54) is 0 Å². The molecule has 5 nitrogen and oxygen atoms in total. The maximum atomic E-state index is 10.1. The van der Waals surface area contributed by atoms with Crippen LogP contribution in [-0.4, -0.2) is 56.6 Å². The molecule has 1 aliphatic heterocycles. The van der Waals surface area contributed by atoms with Crippen LogP contribution in [0, 0.1) is 5.92 Å². The number of aliphatic hydroxyl groups excluding tert-OH is 2. The monoisotopic (exact) mass is 260 g/mol. The second-order valence-corrected chi connectivity index (χ2v) is 6.54. The summed E-state index contributed by atoms with van der Waals surface area (Å²) in [6.45, 7) is 3.35. The van der Waals surface area contributed by atoms with Gasteiger partial charge >= 0.3 is 0 Å². The van der Waals surface area contributed by atoms with E-state index >= 15 is 0 Å². The van der Waals surface area contributed by atoms with Crippen LogP contribution in [0.2, 0.25) is 0 Å². The zero-order valence-corrected chi connectivity index (χ0v) is 11.1. The van der Waals surface area contributed by atoms with Crippen LogP contribution in [0.15, 0.2) is 4.99 Å². The molecule has 2 aliphatic rings. The molecule has 4 N–H and O–H groups in total. The van der Waals surface area contributed by atoms with Crippen LogP contribution >= 0.6 is 11.8 Å². The number of aliphatic imine (C=N–C) groups is 1. The van der Waals surface area contributed by atoms with Gasteiger partial charge in [-0.2, -0.15) is 0 Å². The summed E-state index contributed by atoms with van der Waals surface area (Å²) in [5.74, 6) is -0.322. The molecule has 0 saturated heterocycles. The normalized spacial score (nSPS) is 42.0. The Balaban J connectivity index is 2.18. The van der Waals surface area contributed by atoms with Crippen molar-refractivity contribution in [3.8, 4) is 0 Å². The van der Waals surface area contributed by atoms with E-state index in [0.29, 0.717) is 6.42 Å². The summed E-state index contributed by atoms with van der Waals surface area (Å²) in [6.07, 6.45) is -1.16. The molecule has 0 aromatic carbocycles. The average molecular weight is 260 g/mol. The van der Waals surface area contributed by atoms with Gasteiger partial charge in [0, 0.05) is 18.2 Å². The first-order valence-electron chi connectivity index (χ1n) is 5.85. The van der Waals surface area contributed by atoms with Gasteiger partial charge in [-0.3, -0.25) is 4.99 Å². The van der Waals surface area contributed by atoms with Crippen LogP contribution in [0.4, 0.5) is 0 Å². The number of rotatable bonds is 1. The van der Waals surface area contributed by atoms with E-state index in [1.54, 1.807) is 32.7 Å². The smallest absolute Gasteiger partial charge is 0.157 e. The molecule has 0 aromatic rings. The van der Waals surface area contributed by atoms with Gasteiger partial charge in [0.25, 0.3) is 0 Å². The lowest BCUT2D eigenvalue weighted by Crippen LogP contribution is -2.56. The zero-order valence-electron chi connectivity index (χ0n) is 10.3. The highest BCUT2D eigenvalue weighted by Crippen LogP contribution is 2.42. The molecule has 0 radical (unpaired) electrons. The third-order valence-corrected chi connectivity index (χ3v) is 4.94. The van der Waals surface area contributed by atoms with Gasteiger partial charge in [-0.15, -0.1) is 0 Å². The maximum Gasteiger partial charge on any atom is 0.157 e. The molecule has 0 spiro atoms. The zero-order chi connectivity index (χ0) is 12.8. The lowest BCUT2D eigenvalue weighted by molar-refractivity contribution is -0.117. The number of nitrogens with one attached hydrogen (secondary N) is 1. The van der Waals surface area contributed by atoms with Crippen molar-refractivity contribution in [3.63, 3.8) is 0 Å². The molecule has 98 valence electrons. The SMILES string of the molecule is CNC1=N[C@@H]2[C@@H](O)[C@H](O)[C@@H](C(C)(C)O)C[C@@H]2S1. The number of fused-ring (bicyclic) bond motifs is 1. The molecule has 2 rings (SSSR count). The largest absolute Gasteiger partial charge is 0.390 e. The standard InChI is InChI=1S/C11H20N2O3S/c1-11(2,16)5-4-6-7(9(15)8(5)14)13-10(12-3)17-6/h5-9,14-16H,4H2,1-3H3,(H,12,13)/t5-,6-,7-,8+,9+/m0/s1. The van der Waals surface area contributed by atoms with Crippen LogP contribution in [0.25, 0.3) is 0 Å². The van der Waals surface area contributed by atoms with Crippen LogP contribution in [-0.2, 0) is 0 Å². The number of thioether (sulfide) groups is 1. The summed E-state index contributed by atoms with van der Waals surface area (Å²) in [7, 11) is 1.79. The molecule has 1 saturated carbocycles. The van der Waals surface area contributed by atoms with E-state index in [-0.39, 0.29) is 17.2 Å². The summed E-state index contributed by atoms with van der Waals surface area (Å²) < 4.78 is 0. The average Bonchev–Trinajstić information content (AvgIpc) is 2.65. The fraction of sp³-hybridized carbons (Fsp3) is 0.909. The molecule has 0 aromatic heterocycles. The Labute approximate surface area is 105 Å². The van der Waals surface area contributed by atoms with Crippen LogP contribution in [0.1, 0.15) is 20.3 Å². The minimum Gasteiger partial charge on any atom is -0.390 e. The summed E-state index contributed by atoms with van der Waals surface area (Å²) in [5, 5.41) is 34.1. The predicted molar refractivity (Wildman–Crippen MR) is 68.1 cm³/mol. The van der Waals surface area contributed by atoms with Crippen molar-refractivity contribution in [2.75, 3.05) is 7.05 Å². The van der Waals surface area contributed by atoms with Crippen molar-refractivity contribution in [1.29, 1.82) is 0 Å². The number of aliphatic hydroxyl groups is 3. The van der Waals surface area contributed by atoms with Gasteiger partial charge < -0.3 is 20.6 Å². The molecular weight excluding hydrogens is 240 g/mol. The topological polar surface area (TPSA) is 85.1 Å². The quantitative estimate of drug-likeness (QED) is 0.513. The summed E-state index contributed by atoms with van der Waals surface area (Å²) in [5.41, 5.74) is -0.992. The summed E-state index contributed by atoms with van der Waals surface area (Å²) in [6, 6.07) is -0.268. The number of hydrogen-bond donors (Lipinski definition) is 4. The van der Waals surface area contributed by atoms with Gasteiger partial charge in [0.15, 0.2) is 5.17 Å². The van der Waals surface area contributed by atoms with Gasteiger partial charge in [0.1, 0.15) is 6.10 Å². The molecule has 5 atom stereocenters. The predicted octanol–water partition coefficient (Wildman–Crippen LogP) is -0.442. The third kappa shape index (κ3) is 2.31. The molecule has 6 heteroatoms. The molecule has 17 heavy (non-hydrogen) atoms. The Morgan fingerprint density at radius 1 is 1.35 bits per heavy atom. The molecule has 1 heterocycles. The fourth-order valence-corrected chi connectivity index (χ4v) is 3.86. The van der Waals surface area contributed by atoms with Crippen molar-refractivity contribution in [3.05, 3.63) is 0 Å². The maximum absolute atomic E-state index is 10.1. The lowest BCUT2D eigenvalue weighted by Gasteiger charge is -2.43. The molecule has 0 amide bonds. The first-order chi connectivity index (χ1) is 7.84. The van der Waals surface area contributed by atoms with E-state index in [4.69, 9.17) is 0 Å². The summed E-state index contributed by atoms with van der Waals surface area (Å²) in [4.78, 5) is 4.35. The first kappa shape index (κ1) is 13.1. The molecule has 0 bridgehead atoms. The molecule has 0 unspecified atom stereocenters.